The van der Waals surface area contributed by atoms with Gasteiger partial charge in [0.05, 0.1) is 0 Å². The van der Waals surface area contributed by atoms with Crippen LogP contribution in [0, 0.1) is 0 Å². The number of carboxylic acids is 1. The smallest absolute Gasteiger partial charge is 0.326 e. The van der Waals surface area contributed by atoms with Crippen molar-refractivity contribution in [1.82, 2.24) is 4.90 Å². The van der Waals surface area contributed by atoms with Gasteiger partial charge in [-0.1, -0.05) is 43.3 Å². The van der Waals surface area contributed by atoms with Gasteiger partial charge in [0.1, 0.15) is 6.04 Å². The summed E-state index contributed by atoms with van der Waals surface area (Å²) in [6.45, 7) is 2.39. The lowest BCUT2D eigenvalue weighted by Crippen LogP contribution is -2.48. The molecule has 0 aromatic heterocycles. The van der Waals surface area contributed by atoms with Crippen molar-refractivity contribution >= 4 is 11.9 Å². The molecule has 0 radical (unpaired) electrons. The van der Waals surface area contributed by atoms with Gasteiger partial charge in [0.25, 0.3) is 5.91 Å². The lowest BCUT2D eigenvalue weighted by Gasteiger charge is -2.34. The molecule has 1 heterocycles. The van der Waals surface area contributed by atoms with E-state index in [2.05, 4.69) is 6.92 Å². The number of benzene rings is 2. The monoisotopic (exact) mass is 309 g/mol. The Kier molecular flexibility index (Phi) is 4.15. The van der Waals surface area contributed by atoms with Crippen molar-refractivity contribution in [2.24, 2.45) is 0 Å². The van der Waals surface area contributed by atoms with Crippen LogP contribution in [0.15, 0.2) is 48.5 Å². The van der Waals surface area contributed by atoms with Crippen molar-refractivity contribution in [3.63, 3.8) is 0 Å². The minimum Gasteiger partial charge on any atom is -0.480 e. The van der Waals surface area contributed by atoms with E-state index in [0.29, 0.717) is 18.5 Å². The highest BCUT2D eigenvalue weighted by atomic mass is 16.4. The van der Waals surface area contributed by atoms with E-state index >= 15 is 0 Å². The Morgan fingerprint density at radius 2 is 1.74 bits per heavy atom. The summed E-state index contributed by atoms with van der Waals surface area (Å²) in [5.41, 5.74) is 3.71. The number of hydrogen-bond acceptors (Lipinski definition) is 2. The molecule has 0 bridgehead atoms. The second-order valence-corrected chi connectivity index (χ2v) is 5.81. The first-order chi connectivity index (χ1) is 11.1. The van der Waals surface area contributed by atoms with Crippen LogP contribution in [0.2, 0.25) is 0 Å². The number of hydrogen-bond donors (Lipinski definition) is 1. The topological polar surface area (TPSA) is 57.6 Å². The Labute approximate surface area is 135 Å². The molecule has 1 atom stereocenters. The largest absolute Gasteiger partial charge is 0.480 e. The molecule has 1 N–H and O–H groups in total. The fraction of sp³-hybridized carbons (Fsp3) is 0.263. The first-order valence-electron chi connectivity index (χ1n) is 7.79. The third-order valence-electron chi connectivity index (χ3n) is 4.40. The standard InChI is InChI=1S/C19H19NO3/c1-2-13-7-9-14(10-8-13)18(21)20-12-16-6-4-3-5-15(16)11-17(20)19(22)23/h3-10,17H,2,11-12H2,1H3,(H,22,23)/t17-/m0/s1. The number of aliphatic carboxylic acids is 1. The van der Waals surface area contributed by atoms with E-state index in [0.717, 1.165) is 23.1 Å². The lowest BCUT2D eigenvalue weighted by molar-refractivity contribution is -0.142. The molecular weight excluding hydrogens is 290 g/mol. The van der Waals surface area contributed by atoms with Gasteiger partial charge in [0.15, 0.2) is 0 Å². The van der Waals surface area contributed by atoms with Gasteiger partial charge in [-0.25, -0.2) is 4.79 Å². The van der Waals surface area contributed by atoms with Crippen molar-refractivity contribution in [1.29, 1.82) is 0 Å². The molecule has 1 aliphatic heterocycles. The summed E-state index contributed by atoms with van der Waals surface area (Å²) < 4.78 is 0. The van der Waals surface area contributed by atoms with Crippen LogP contribution in [0.5, 0.6) is 0 Å². The summed E-state index contributed by atoms with van der Waals surface area (Å²) >= 11 is 0. The van der Waals surface area contributed by atoms with E-state index in [1.807, 2.05) is 36.4 Å². The molecule has 0 saturated heterocycles. The molecule has 2 aromatic carbocycles. The second-order valence-electron chi connectivity index (χ2n) is 5.81. The molecule has 0 saturated carbocycles. The van der Waals surface area contributed by atoms with Gasteiger partial charge in [-0.3, -0.25) is 4.79 Å². The van der Waals surface area contributed by atoms with Crippen molar-refractivity contribution < 1.29 is 14.7 Å². The Bertz CT molecular complexity index is 737. The van der Waals surface area contributed by atoms with Crippen LogP contribution in [-0.2, 0) is 24.2 Å². The highest BCUT2D eigenvalue weighted by Crippen LogP contribution is 2.25. The third kappa shape index (κ3) is 2.97. The van der Waals surface area contributed by atoms with Crippen molar-refractivity contribution in [3.05, 3.63) is 70.8 Å². The van der Waals surface area contributed by atoms with Crippen molar-refractivity contribution in [2.45, 2.75) is 32.4 Å². The summed E-state index contributed by atoms with van der Waals surface area (Å²) in [7, 11) is 0. The summed E-state index contributed by atoms with van der Waals surface area (Å²) in [5.74, 6) is -1.19. The summed E-state index contributed by atoms with van der Waals surface area (Å²) in [6.07, 6.45) is 1.26. The maximum Gasteiger partial charge on any atom is 0.326 e. The Hall–Kier alpha value is -2.62. The van der Waals surface area contributed by atoms with Gasteiger partial charge in [-0.2, -0.15) is 0 Å². The number of carbonyl (C=O) groups excluding carboxylic acids is 1. The van der Waals surface area contributed by atoms with Gasteiger partial charge in [-0.05, 0) is 35.2 Å². The van der Waals surface area contributed by atoms with Gasteiger partial charge in [0, 0.05) is 18.5 Å². The van der Waals surface area contributed by atoms with Crippen LogP contribution in [0.3, 0.4) is 0 Å². The molecule has 4 nitrogen and oxygen atoms in total. The highest BCUT2D eigenvalue weighted by molar-refractivity contribution is 5.97. The van der Waals surface area contributed by atoms with Crippen molar-refractivity contribution in [2.75, 3.05) is 0 Å². The first-order valence-corrected chi connectivity index (χ1v) is 7.79. The lowest BCUT2D eigenvalue weighted by atomic mass is 9.93. The fourth-order valence-corrected chi connectivity index (χ4v) is 3.01. The zero-order valence-corrected chi connectivity index (χ0v) is 13.0. The van der Waals surface area contributed by atoms with E-state index in [4.69, 9.17) is 0 Å². The molecule has 118 valence electrons. The molecule has 1 amide bonds. The second kappa shape index (κ2) is 6.24. The minimum absolute atomic E-state index is 0.227. The van der Waals surface area contributed by atoms with Crippen LogP contribution >= 0.6 is 0 Å². The first kappa shape index (κ1) is 15.3. The average Bonchev–Trinajstić information content (AvgIpc) is 2.60. The van der Waals surface area contributed by atoms with E-state index in [9.17, 15) is 14.7 Å². The molecule has 2 aromatic rings. The molecule has 1 aliphatic rings. The molecule has 3 rings (SSSR count). The number of rotatable bonds is 3. The Morgan fingerprint density at radius 3 is 2.35 bits per heavy atom. The molecule has 4 heteroatoms. The summed E-state index contributed by atoms with van der Waals surface area (Å²) in [6, 6.07) is 14.3. The number of carboxylic acid groups (broad SMARTS) is 1. The maximum absolute atomic E-state index is 12.8. The molecule has 0 unspecified atom stereocenters. The Balaban J connectivity index is 1.92. The summed E-state index contributed by atoms with van der Waals surface area (Å²) in [5, 5.41) is 9.52. The fourth-order valence-electron chi connectivity index (χ4n) is 3.01. The number of nitrogens with zero attached hydrogens (tertiary/aromatic N) is 1. The van der Waals surface area contributed by atoms with Crippen LogP contribution in [0.1, 0.15) is 34.0 Å². The molecule has 0 fully saturated rings. The van der Waals surface area contributed by atoms with Crippen LogP contribution in [-0.4, -0.2) is 27.9 Å². The van der Waals surface area contributed by atoms with E-state index < -0.39 is 12.0 Å². The average molecular weight is 309 g/mol. The quantitative estimate of drug-likeness (QED) is 0.948. The van der Waals surface area contributed by atoms with Gasteiger partial charge >= 0.3 is 5.97 Å². The van der Waals surface area contributed by atoms with Crippen LogP contribution < -0.4 is 0 Å². The zero-order chi connectivity index (χ0) is 16.4. The molecular formula is C19H19NO3. The highest BCUT2D eigenvalue weighted by Gasteiger charge is 2.34. The van der Waals surface area contributed by atoms with Gasteiger partial charge < -0.3 is 10.0 Å². The zero-order valence-electron chi connectivity index (χ0n) is 13.0. The van der Waals surface area contributed by atoms with Gasteiger partial charge in [-0.15, -0.1) is 0 Å². The SMILES string of the molecule is CCc1ccc(C(=O)N2Cc3ccccc3C[C@H]2C(=O)O)cc1. The summed E-state index contributed by atoms with van der Waals surface area (Å²) in [4.78, 5) is 25.9. The number of amides is 1. The van der Waals surface area contributed by atoms with E-state index in [-0.39, 0.29) is 5.91 Å². The number of aryl methyl sites for hydroxylation is 1. The normalized spacial score (nSPS) is 16.7. The number of carbonyl (C=O) groups is 2. The molecule has 0 spiro atoms. The predicted molar refractivity (Wildman–Crippen MR) is 87.3 cm³/mol. The van der Waals surface area contributed by atoms with Gasteiger partial charge in [0.2, 0.25) is 0 Å². The molecule has 23 heavy (non-hydrogen) atoms. The van der Waals surface area contributed by atoms with E-state index in [1.54, 1.807) is 12.1 Å². The number of fused-ring (bicyclic) bond motifs is 1. The Morgan fingerprint density at radius 1 is 1.09 bits per heavy atom. The predicted octanol–water partition coefficient (Wildman–Crippen LogP) is 2.90. The minimum atomic E-state index is -0.960. The van der Waals surface area contributed by atoms with E-state index in [1.165, 1.54) is 4.90 Å². The van der Waals surface area contributed by atoms with Crippen LogP contribution in [0.25, 0.3) is 0 Å². The maximum atomic E-state index is 12.8. The third-order valence-corrected chi connectivity index (χ3v) is 4.40. The van der Waals surface area contributed by atoms with Crippen molar-refractivity contribution in [3.8, 4) is 0 Å². The van der Waals surface area contributed by atoms with Crippen LogP contribution in [0.4, 0.5) is 0 Å². The molecule has 0 aliphatic carbocycles.